The van der Waals surface area contributed by atoms with Crippen LogP contribution in [-0.4, -0.2) is 38.1 Å². The molecule has 6 nitrogen and oxygen atoms in total. The number of allylic oxidation sites excluding steroid dienone is 1. The van der Waals surface area contributed by atoms with E-state index in [2.05, 4.69) is 0 Å². The minimum atomic E-state index is -0.547. The van der Waals surface area contributed by atoms with Crippen molar-refractivity contribution in [1.29, 1.82) is 0 Å². The first-order chi connectivity index (χ1) is 14.0. The van der Waals surface area contributed by atoms with Gasteiger partial charge in [0.2, 0.25) is 0 Å². The number of para-hydroxylation sites is 1. The van der Waals surface area contributed by atoms with Crippen LogP contribution < -0.4 is 9.47 Å². The Kier molecular flexibility index (Phi) is 6.02. The van der Waals surface area contributed by atoms with Gasteiger partial charge >= 0.3 is 5.97 Å². The molecule has 0 unspecified atom stereocenters. The standard InChI is InChI=1S/C23H23NO5/c1-15-21(23(26)29-4)19(13-17-7-5-6-8-20(17)28-3)22(25)24(15)14-16-9-11-18(27-2)12-10-16/h5-13H,14H2,1-4H3/b19-13-. The van der Waals surface area contributed by atoms with Gasteiger partial charge in [-0.15, -0.1) is 0 Å². The maximum absolute atomic E-state index is 13.2. The minimum Gasteiger partial charge on any atom is -0.497 e. The van der Waals surface area contributed by atoms with Gasteiger partial charge in [-0.1, -0.05) is 30.3 Å². The van der Waals surface area contributed by atoms with E-state index < -0.39 is 5.97 Å². The third kappa shape index (κ3) is 4.01. The molecule has 0 bridgehead atoms. The van der Waals surface area contributed by atoms with Crippen LogP contribution in [0, 0.1) is 0 Å². The molecule has 0 radical (unpaired) electrons. The molecule has 0 N–H and O–H groups in total. The molecule has 1 amide bonds. The van der Waals surface area contributed by atoms with Gasteiger partial charge < -0.3 is 19.1 Å². The van der Waals surface area contributed by atoms with Gasteiger partial charge in [-0.05, 0) is 36.8 Å². The van der Waals surface area contributed by atoms with Crippen molar-refractivity contribution < 1.29 is 23.8 Å². The molecule has 0 fully saturated rings. The van der Waals surface area contributed by atoms with Crippen molar-refractivity contribution in [2.75, 3.05) is 21.3 Å². The zero-order valence-electron chi connectivity index (χ0n) is 16.9. The Labute approximate surface area is 170 Å². The number of esters is 1. The molecule has 0 aliphatic carbocycles. The number of hydrogen-bond donors (Lipinski definition) is 0. The van der Waals surface area contributed by atoms with Crippen molar-refractivity contribution in [3.8, 4) is 11.5 Å². The quantitative estimate of drug-likeness (QED) is 0.554. The van der Waals surface area contributed by atoms with Crippen LogP contribution >= 0.6 is 0 Å². The molecule has 6 heteroatoms. The summed E-state index contributed by atoms with van der Waals surface area (Å²) in [6, 6.07) is 14.8. The second kappa shape index (κ2) is 8.65. The third-order valence-corrected chi connectivity index (χ3v) is 4.84. The summed E-state index contributed by atoms with van der Waals surface area (Å²) in [6.45, 7) is 2.08. The maximum atomic E-state index is 13.2. The molecule has 0 atom stereocenters. The van der Waals surface area contributed by atoms with Crippen molar-refractivity contribution >= 4 is 18.0 Å². The molecule has 3 rings (SSSR count). The van der Waals surface area contributed by atoms with Crippen molar-refractivity contribution in [3.63, 3.8) is 0 Å². The molecule has 0 saturated heterocycles. The number of benzene rings is 2. The Morgan fingerprint density at radius 1 is 1.00 bits per heavy atom. The molecule has 1 aliphatic rings. The van der Waals surface area contributed by atoms with Gasteiger partial charge in [-0.3, -0.25) is 4.79 Å². The predicted octanol–water partition coefficient (Wildman–Crippen LogP) is 3.58. The number of hydrogen-bond acceptors (Lipinski definition) is 5. The van der Waals surface area contributed by atoms with Gasteiger partial charge in [0.1, 0.15) is 11.5 Å². The SMILES string of the molecule is COC(=O)C1=C(C)N(Cc2ccc(OC)cc2)C(=O)/C1=C\c1ccccc1OC. The van der Waals surface area contributed by atoms with Crippen molar-refractivity contribution in [2.24, 2.45) is 0 Å². The molecule has 1 aliphatic heterocycles. The lowest BCUT2D eigenvalue weighted by atomic mass is 10.0. The zero-order chi connectivity index (χ0) is 21.0. The summed E-state index contributed by atoms with van der Waals surface area (Å²) in [6.07, 6.45) is 1.67. The molecule has 0 spiro atoms. The van der Waals surface area contributed by atoms with Gasteiger partial charge in [-0.25, -0.2) is 4.79 Å². The van der Waals surface area contributed by atoms with Crippen LogP contribution in [0.1, 0.15) is 18.1 Å². The summed E-state index contributed by atoms with van der Waals surface area (Å²) in [5.74, 6) is 0.544. The molecular weight excluding hydrogens is 370 g/mol. The lowest BCUT2D eigenvalue weighted by Gasteiger charge is -2.18. The fraction of sp³-hybridized carbons (Fsp3) is 0.217. The number of rotatable bonds is 6. The number of carbonyl (C=O) groups is 2. The van der Waals surface area contributed by atoms with Crippen LogP contribution in [0.5, 0.6) is 11.5 Å². The first kappa shape index (κ1) is 20.2. The molecule has 2 aromatic rings. The molecule has 29 heavy (non-hydrogen) atoms. The number of carbonyl (C=O) groups excluding carboxylic acids is 2. The van der Waals surface area contributed by atoms with E-state index in [0.717, 1.165) is 11.3 Å². The average Bonchev–Trinajstić information content (AvgIpc) is 2.98. The van der Waals surface area contributed by atoms with E-state index in [1.165, 1.54) is 7.11 Å². The first-order valence-corrected chi connectivity index (χ1v) is 9.09. The predicted molar refractivity (Wildman–Crippen MR) is 109 cm³/mol. The summed E-state index contributed by atoms with van der Waals surface area (Å²) in [7, 11) is 4.47. The van der Waals surface area contributed by atoms with Gasteiger partial charge in [0, 0.05) is 11.3 Å². The van der Waals surface area contributed by atoms with E-state index in [1.807, 2.05) is 42.5 Å². The Morgan fingerprint density at radius 2 is 1.69 bits per heavy atom. The fourth-order valence-electron chi connectivity index (χ4n) is 3.27. The second-order valence-electron chi connectivity index (χ2n) is 6.49. The van der Waals surface area contributed by atoms with E-state index in [-0.39, 0.29) is 17.1 Å². The fourth-order valence-corrected chi connectivity index (χ4v) is 3.27. The number of methoxy groups -OCH3 is 3. The van der Waals surface area contributed by atoms with Crippen LogP contribution in [0.3, 0.4) is 0 Å². The summed E-state index contributed by atoms with van der Waals surface area (Å²) in [4.78, 5) is 27.3. The Balaban J connectivity index is 2.02. The van der Waals surface area contributed by atoms with Crippen LogP contribution in [0.2, 0.25) is 0 Å². The van der Waals surface area contributed by atoms with E-state index in [9.17, 15) is 9.59 Å². The van der Waals surface area contributed by atoms with Crippen LogP contribution in [0.4, 0.5) is 0 Å². The Hall–Kier alpha value is -3.54. The summed E-state index contributed by atoms with van der Waals surface area (Å²) in [5.41, 5.74) is 2.73. The highest BCUT2D eigenvalue weighted by Crippen LogP contribution is 2.34. The number of ether oxygens (including phenoxy) is 3. The average molecular weight is 393 g/mol. The summed E-state index contributed by atoms with van der Waals surface area (Å²) in [5, 5.41) is 0. The van der Waals surface area contributed by atoms with Gasteiger partial charge in [0.15, 0.2) is 0 Å². The van der Waals surface area contributed by atoms with Crippen molar-refractivity contribution in [1.82, 2.24) is 4.90 Å². The van der Waals surface area contributed by atoms with Crippen molar-refractivity contribution in [2.45, 2.75) is 13.5 Å². The van der Waals surface area contributed by atoms with Crippen LogP contribution in [-0.2, 0) is 20.9 Å². The van der Waals surface area contributed by atoms with E-state index in [4.69, 9.17) is 14.2 Å². The van der Waals surface area contributed by atoms with Gasteiger partial charge in [0.05, 0.1) is 39.0 Å². The highest BCUT2D eigenvalue weighted by Gasteiger charge is 2.37. The zero-order valence-corrected chi connectivity index (χ0v) is 16.9. The Bertz CT molecular complexity index is 989. The largest absolute Gasteiger partial charge is 0.497 e. The Morgan fingerprint density at radius 3 is 2.31 bits per heavy atom. The summed E-state index contributed by atoms with van der Waals surface area (Å²) >= 11 is 0. The first-order valence-electron chi connectivity index (χ1n) is 9.09. The lowest BCUT2D eigenvalue weighted by Crippen LogP contribution is -2.24. The molecule has 150 valence electrons. The molecule has 0 aromatic heterocycles. The maximum Gasteiger partial charge on any atom is 0.340 e. The number of amides is 1. The minimum absolute atomic E-state index is 0.260. The van der Waals surface area contributed by atoms with Crippen LogP contribution in [0.25, 0.3) is 6.08 Å². The van der Waals surface area contributed by atoms with E-state index >= 15 is 0 Å². The normalized spacial score (nSPS) is 15.1. The molecule has 0 saturated carbocycles. The lowest BCUT2D eigenvalue weighted by molar-refractivity contribution is -0.136. The van der Waals surface area contributed by atoms with Crippen LogP contribution in [0.15, 0.2) is 65.4 Å². The second-order valence-corrected chi connectivity index (χ2v) is 6.49. The van der Waals surface area contributed by atoms with Gasteiger partial charge in [0.25, 0.3) is 5.91 Å². The summed E-state index contributed by atoms with van der Waals surface area (Å²) < 4.78 is 15.5. The monoisotopic (exact) mass is 393 g/mol. The molecule has 2 aromatic carbocycles. The molecule has 1 heterocycles. The topological polar surface area (TPSA) is 65.1 Å². The highest BCUT2D eigenvalue weighted by atomic mass is 16.5. The van der Waals surface area contributed by atoms with Gasteiger partial charge in [-0.2, -0.15) is 0 Å². The number of nitrogens with zero attached hydrogens (tertiary/aromatic N) is 1. The van der Waals surface area contributed by atoms with Crippen molar-refractivity contribution in [3.05, 3.63) is 76.5 Å². The highest BCUT2D eigenvalue weighted by molar-refractivity contribution is 6.16. The van der Waals surface area contributed by atoms with E-state index in [1.54, 1.807) is 38.2 Å². The smallest absolute Gasteiger partial charge is 0.340 e. The van der Waals surface area contributed by atoms with E-state index in [0.29, 0.717) is 23.6 Å². The third-order valence-electron chi connectivity index (χ3n) is 4.84. The molecular formula is C23H23NO5.